The summed E-state index contributed by atoms with van der Waals surface area (Å²) in [6.45, 7) is 7.92. The van der Waals surface area contributed by atoms with E-state index in [1.54, 1.807) is 6.21 Å². The Morgan fingerprint density at radius 1 is 0.952 bits per heavy atom. The highest BCUT2D eigenvalue weighted by Gasteiger charge is 2.15. The van der Waals surface area contributed by atoms with Gasteiger partial charge in [0, 0.05) is 18.8 Å². The van der Waals surface area contributed by atoms with E-state index in [1.165, 1.54) is 11.3 Å². The molecule has 0 radical (unpaired) electrons. The summed E-state index contributed by atoms with van der Waals surface area (Å²) in [5.41, 5.74) is 2.60. The minimum absolute atomic E-state index is 0.813. The second kappa shape index (κ2) is 6.04. The van der Waals surface area contributed by atoms with Gasteiger partial charge in [-0.25, -0.2) is 0 Å². The number of anilines is 1. The van der Waals surface area contributed by atoms with Gasteiger partial charge in [0.2, 0.25) is 0 Å². The maximum Gasteiger partial charge on any atom is 0.147 e. The van der Waals surface area contributed by atoms with Crippen LogP contribution in [0.3, 0.4) is 0 Å². The molecule has 1 saturated heterocycles. The number of hydrogen-bond acceptors (Lipinski definition) is 4. The van der Waals surface area contributed by atoms with E-state index in [4.69, 9.17) is 4.42 Å². The molecular formula is C17H21N3O. The van der Waals surface area contributed by atoms with E-state index in [0.717, 1.165) is 37.7 Å². The SMILES string of the molecule is Cc1ccc(N2CCN(/N=C/c3ccc(C)o3)CC2)cc1. The predicted octanol–water partition coefficient (Wildman–Crippen LogP) is 3.05. The van der Waals surface area contributed by atoms with Crippen molar-refractivity contribution >= 4 is 11.9 Å². The molecule has 21 heavy (non-hydrogen) atoms. The fourth-order valence-corrected chi connectivity index (χ4v) is 2.49. The van der Waals surface area contributed by atoms with Crippen molar-refractivity contribution in [1.82, 2.24) is 5.01 Å². The summed E-state index contributed by atoms with van der Waals surface area (Å²) in [5.74, 6) is 1.73. The molecule has 1 aromatic carbocycles. The standard InChI is InChI=1S/C17H21N3O/c1-14-3-6-16(7-4-14)19-9-11-20(12-10-19)18-13-17-8-5-15(2)21-17/h3-8,13H,9-12H2,1-2H3/b18-13+. The van der Waals surface area contributed by atoms with E-state index in [1.807, 2.05) is 19.1 Å². The molecule has 1 aliphatic heterocycles. The summed E-state index contributed by atoms with van der Waals surface area (Å²) in [4.78, 5) is 2.41. The predicted molar refractivity (Wildman–Crippen MR) is 86.0 cm³/mol. The van der Waals surface area contributed by atoms with Crippen LogP contribution in [-0.2, 0) is 0 Å². The molecule has 4 heteroatoms. The highest BCUT2D eigenvalue weighted by molar-refractivity contribution is 5.75. The van der Waals surface area contributed by atoms with Crippen LogP contribution in [0, 0.1) is 13.8 Å². The number of furan rings is 1. The van der Waals surface area contributed by atoms with E-state index < -0.39 is 0 Å². The van der Waals surface area contributed by atoms with Gasteiger partial charge in [-0.1, -0.05) is 17.7 Å². The van der Waals surface area contributed by atoms with E-state index in [9.17, 15) is 0 Å². The van der Waals surface area contributed by atoms with Crippen LogP contribution < -0.4 is 4.90 Å². The molecule has 1 aromatic heterocycles. The quantitative estimate of drug-likeness (QED) is 0.811. The van der Waals surface area contributed by atoms with Crippen molar-refractivity contribution in [3.8, 4) is 0 Å². The van der Waals surface area contributed by atoms with Gasteiger partial charge in [-0.3, -0.25) is 5.01 Å². The van der Waals surface area contributed by atoms with Crippen LogP contribution >= 0.6 is 0 Å². The molecule has 4 nitrogen and oxygen atoms in total. The second-order valence-corrected chi connectivity index (χ2v) is 5.47. The number of hydrazone groups is 1. The van der Waals surface area contributed by atoms with Crippen LogP contribution in [0.15, 0.2) is 45.9 Å². The summed E-state index contributed by atoms with van der Waals surface area (Å²) >= 11 is 0. The Labute approximate surface area is 125 Å². The molecule has 0 atom stereocenters. The normalized spacial score (nSPS) is 15.9. The number of piperazine rings is 1. The molecule has 110 valence electrons. The molecule has 0 amide bonds. The highest BCUT2D eigenvalue weighted by Crippen LogP contribution is 2.17. The first-order chi connectivity index (χ1) is 10.2. The van der Waals surface area contributed by atoms with Gasteiger partial charge in [0.05, 0.1) is 19.3 Å². The van der Waals surface area contributed by atoms with E-state index in [0.29, 0.717) is 0 Å². The Hall–Kier alpha value is -2.23. The van der Waals surface area contributed by atoms with Crippen molar-refractivity contribution in [2.45, 2.75) is 13.8 Å². The van der Waals surface area contributed by atoms with Gasteiger partial charge in [-0.05, 0) is 38.1 Å². The lowest BCUT2D eigenvalue weighted by Gasteiger charge is -2.34. The van der Waals surface area contributed by atoms with E-state index in [2.05, 4.69) is 46.2 Å². The largest absolute Gasteiger partial charge is 0.460 e. The Kier molecular flexibility index (Phi) is 3.95. The summed E-state index contributed by atoms with van der Waals surface area (Å²) in [6, 6.07) is 12.6. The lowest BCUT2D eigenvalue weighted by atomic mass is 10.2. The van der Waals surface area contributed by atoms with Crippen LogP contribution in [-0.4, -0.2) is 37.4 Å². The average Bonchev–Trinajstić information content (AvgIpc) is 2.92. The highest BCUT2D eigenvalue weighted by atomic mass is 16.3. The number of hydrogen-bond donors (Lipinski definition) is 0. The first-order valence-corrected chi connectivity index (χ1v) is 7.38. The van der Waals surface area contributed by atoms with Crippen molar-refractivity contribution in [2.24, 2.45) is 5.10 Å². The van der Waals surface area contributed by atoms with Crippen molar-refractivity contribution in [2.75, 3.05) is 31.1 Å². The second-order valence-electron chi connectivity index (χ2n) is 5.47. The molecular weight excluding hydrogens is 262 g/mol. The zero-order valence-corrected chi connectivity index (χ0v) is 12.6. The minimum atomic E-state index is 0.813. The number of benzene rings is 1. The zero-order chi connectivity index (χ0) is 14.7. The first-order valence-electron chi connectivity index (χ1n) is 7.38. The molecule has 0 saturated carbocycles. The maximum atomic E-state index is 5.49. The monoisotopic (exact) mass is 283 g/mol. The summed E-state index contributed by atoms with van der Waals surface area (Å²) in [7, 11) is 0. The molecule has 0 bridgehead atoms. The Morgan fingerprint density at radius 3 is 2.29 bits per heavy atom. The van der Waals surface area contributed by atoms with Crippen LogP contribution in [0.1, 0.15) is 17.1 Å². The van der Waals surface area contributed by atoms with Crippen LogP contribution in [0.2, 0.25) is 0 Å². The molecule has 1 fully saturated rings. The molecule has 2 heterocycles. The summed E-state index contributed by atoms with van der Waals surface area (Å²) < 4.78 is 5.49. The first kappa shape index (κ1) is 13.7. The van der Waals surface area contributed by atoms with Gasteiger partial charge >= 0.3 is 0 Å². The summed E-state index contributed by atoms with van der Waals surface area (Å²) in [5, 5.41) is 6.60. The average molecular weight is 283 g/mol. The van der Waals surface area contributed by atoms with Gasteiger partial charge < -0.3 is 9.32 Å². The third-order valence-corrected chi connectivity index (χ3v) is 3.76. The molecule has 3 rings (SSSR count). The Balaban J connectivity index is 1.55. The molecule has 0 unspecified atom stereocenters. The smallest absolute Gasteiger partial charge is 0.147 e. The summed E-state index contributed by atoms with van der Waals surface area (Å²) in [6.07, 6.45) is 1.80. The van der Waals surface area contributed by atoms with Crippen LogP contribution in [0.5, 0.6) is 0 Å². The zero-order valence-electron chi connectivity index (χ0n) is 12.6. The van der Waals surface area contributed by atoms with Gasteiger partial charge in [-0.15, -0.1) is 0 Å². The molecule has 1 aliphatic rings. The van der Waals surface area contributed by atoms with Crippen LogP contribution in [0.25, 0.3) is 0 Å². The maximum absolute atomic E-state index is 5.49. The lowest BCUT2D eigenvalue weighted by Crippen LogP contribution is -2.44. The van der Waals surface area contributed by atoms with Gasteiger partial charge in [-0.2, -0.15) is 5.10 Å². The van der Waals surface area contributed by atoms with Crippen molar-refractivity contribution in [3.05, 3.63) is 53.5 Å². The number of nitrogens with zero attached hydrogens (tertiary/aromatic N) is 3. The van der Waals surface area contributed by atoms with Gasteiger partial charge in [0.25, 0.3) is 0 Å². The Bertz CT molecular complexity index is 607. The van der Waals surface area contributed by atoms with Crippen molar-refractivity contribution in [3.63, 3.8) is 0 Å². The van der Waals surface area contributed by atoms with E-state index in [-0.39, 0.29) is 0 Å². The lowest BCUT2D eigenvalue weighted by molar-refractivity contribution is 0.271. The molecule has 2 aromatic rings. The fraction of sp³-hybridized carbons (Fsp3) is 0.353. The fourth-order valence-electron chi connectivity index (χ4n) is 2.49. The van der Waals surface area contributed by atoms with E-state index >= 15 is 0 Å². The molecule has 0 N–H and O–H groups in total. The van der Waals surface area contributed by atoms with Crippen molar-refractivity contribution < 1.29 is 4.42 Å². The number of rotatable bonds is 3. The Morgan fingerprint density at radius 2 is 1.67 bits per heavy atom. The topological polar surface area (TPSA) is 32.0 Å². The third kappa shape index (κ3) is 3.45. The molecule has 0 aliphatic carbocycles. The minimum Gasteiger partial charge on any atom is -0.460 e. The van der Waals surface area contributed by atoms with Crippen molar-refractivity contribution in [1.29, 1.82) is 0 Å². The molecule has 0 spiro atoms. The van der Waals surface area contributed by atoms with Gasteiger partial charge in [0.1, 0.15) is 11.5 Å². The third-order valence-electron chi connectivity index (χ3n) is 3.76. The van der Waals surface area contributed by atoms with Crippen LogP contribution in [0.4, 0.5) is 5.69 Å². The number of aryl methyl sites for hydroxylation is 2. The van der Waals surface area contributed by atoms with Gasteiger partial charge in [0.15, 0.2) is 0 Å².